The van der Waals surface area contributed by atoms with Crippen molar-refractivity contribution in [3.8, 4) is 0 Å². The molecule has 2 nitrogen and oxygen atoms in total. The van der Waals surface area contributed by atoms with Crippen LogP contribution in [0.1, 0.15) is 12.6 Å². The van der Waals surface area contributed by atoms with E-state index in [0.717, 1.165) is 16.6 Å². The average Bonchev–Trinajstić information content (AvgIpc) is 1.96. The summed E-state index contributed by atoms with van der Waals surface area (Å²) < 4.78 is 0.817. The van der Waals surface area contributed by atoms with Crippen molar-refractivity contribution in [2.24, 2.45) is 5.73 Å². The van der Waals surface area contributed by atoms with Crippen LogP contribution >= 0.6 is 27.5 Å². The SMILES string of the molecule is CC(N)Cc1ccc(Br)c(Cl)n1. The molecule has 1 atom stereocenters. The first kappa shape index (κ1) is 9.96. The van der Waals surface area contributed by atoms with Gasteiger partial charge in [-0.05, 0) is 35.0 Å². The highest BCUT2D eigenvalue weighted by atomic mass is 79.9. The van der Waals surface area contributed by atoms with Crippen molar-refractivity contribution in [2.75, 3.05) is 0 Å². The highest BCUT2D eigenvalue weighted by molar-refractivity contribution is 9.10. The third-order valence-electron chi connectivity index (χ3n) is 1.39. The van der Waals surface area contributed by atoms with Gasteiger partial charge in [0.1, 0.15) is 5.15 Å². The first-order valence-electron chi connectivity index (χ1n) is 3.66. The molecule has 0 amide bonds. The van der Waals surface area contributed by atoms with E-state index in [2.05, 4.69) is 20.9 Å². The Hall–Kier alpha value is -0.120. The van der Waals surface area contributed by atoms with Crippen LogP contribution in [0.15, 0.2) is 16.6 Å². The van der Waals surface area contributed by atoms with Gasteiger partial charge in [-0.25, -0.2) is 4.98 Å². The monoisotopic (exact) mass is 248 g/mol. The fraction of sp³-hybridized carbons (Fsp3) is 0.375. The Morgan fingerprint density at radius 1 is 1.67 bits per heavy atom. The third-order valence-corrected chi connectivity index (χ3v) is 2.55. The van der Waals surface area contributed by atoms with Gasteiger partial charge in [0.2, 0.25) is 0 Å². The molecule has 0 aliphatic carbocycles. The Balaban J connectivity index is 2.82. The lowest BCUT2D eigenvalue weighted by atomic mass is 10.2. The Morgan fingerprint density at radius 2 is 2.33 bits per heavy atom. The molecule has 2 N–H and O–H groups in total. The van der Waals surface area contributed by atoms with Gasteiger partial charge in [0.25, 0.3) is 0 Å². The van der Waals surface area contributed by atoms with Crippen LogP contribution in [0.5, 0.6) is 0 Å². The van der Waals surface area contributed by atoms with Crippen molar-refractivity contribution in [1.82, 2.24) is 4.98 Å². The topological polar surface area (TPSA) is 38.9 Å². The van der Waals surface area contributed by atoms with Gasteiger partial charge in [-0.3, -0.25) is 0 Å². The van der Waals surface area contributed by atoms with E-state index < -0.39 is 0 Å². The van der Waals surface area contributed by atoms with E-state index in [1.165, 1.54) is 0 Å². The van der Waals surface area contributed by atoms with Crippen LogP contribution in [0.4, 0.5) is 0 Å². The molecule has 0 fully saturated rings. The molecule has 1 heterocycles. The van der Waals surface area contributed by atoms with Gasteiger partial charge in [-0.1, -0.05) is 11.6 Å². The molecule has 0 radical (unpaired) electrons. The molecule has 1 rings (SSSR count). The van der Waals surface area contributed by atoms with Crippen LogP contribution in [-0.4, -0.2) is 11.0 Å². The highest BCUT2D eigenvalue weighted by Crippen LogP contribution is 2.19. The smallest absolute Gasteiger partial charge is 0.143 e. The minimum Gasteiger partial charge on any atom is -0.328 e. The van der Waals surface area contributed by atoms with E-state index in [-0.39, 0.29) is 6.04 Å². The van der Waals surface area contributed by atoms with Crippen molar-refractivity contribution in [1.29, 1.82) is 0 Å². The maximum absolute atomic E-state index is 5.80. The van der Waals surface area contributed by atoms with Crippen molar-refractivity contribution in [3.05, 3.63) is 27.5 Å². The number of nitrogens with two attached hydrogens (primary N) is 1. The summed E-state index contributed by atoms with van der Waals surface area (Å²) in [5, 5.41) is 0.494. The summed E-state index contributed by atoms with van der Waals surface area (Å²) in [4.78, 5) is 4.15. The second kappa shape index (κ2) is 4.21. The van der Waals surface area contributed by atoms with Gasteiger partial charge >= 0.3 is 0 Å². The van der Waals surface area contributed by atoms with Crippen LogP contribution in [-0.2, 0) is 6.42 Å². The zero-order valence-electron chi connectivity index (χ0n) is 6.72. The zero-order valence-corrected chi connectivity index (χ0v) is 9.06. The van der Waals surface area contributed by atoms with Crippen molar-refractivity contribution < 1.29 is 0 Å². The summed E-state index contributed by atoms with van der Waals surface area (Å²) in [5.74, 6) is 0. The summed E-state index contributed by atoms with van der Waals surface area (Å²) in [5.41, 5.74) is 6.55. The first-order chi connectivity index (χ1) is 5.59. The number of hydrogen-bond acceptors (Lipinski definition) is 2. The van der Waals surface area contributed by atoms with Gasteiger partial charge in [0.05, 0.1) is 4.47 Å². The molecule has 0 aliphatic heterocycles. The Bertz CT molecular complexity index is 276. The minimum atomic E-state index is 0.120. The molecular weight excluding hydrogens is 239 g/mol. The maximum Gasteiger partial charge on any atom is 0.143 e. The second-order valence-electron chi connectivity index (χ2n) is 2.76. The van der Waals surface area contributed by atoms with Crippen molar-refractivity contribution in [3.63, 3.8) is 0 Å². The van der Waals surface area contributed by atoms with Gasteiger partial charge in [-0.2, -0.15) is 0 Å². The van der Waals surface area contributed by atoms with Crippen LogP contribution in [0.3, 0.4) is 0 Å². The van der Waals surface area contributed by atoms with Crippen molar-refractivity contribution >= 4 is 27.5 Å². The van der Waals surface area contributed by atoms with Crippen LogP contribution in [0.25, 0.3) is 0 Å². The van der Waals surface area contributed by atoms with E-state index in [1.807, 2.05) is 19.1 Å². The molecule has 1 aromatic heterocycles. The van der Waals surface area contributed by atoms with E-state index >= 15 is 0 Å². The first-order valence-corrected chi connectivity index (χ1v) is 4.83. The molecule has 0 bridgehead atoms. The largest absolute Gasteiger partial charge is 0.328 e. The molecule has 0 spiro atoms. The Morgan fingerprint density at radius 3 is 2.83 bits per heavy atom. The fourth-order valence-corrected chi connectivity index (χ4v) is 1.29. The molecule has 1 unspecified atom stereocenters. The number of rotatable bonds is 2. The van der Waals surface area contributed by atoms with E-state index in [0.29, 0.717) is 5.15 Å². The van der Waals surface area contributed by atoms with Crippen LogP contribution < -0.4 is 5.73 Å². The average molecular weight is 250 g/mol. The number of aromatic nitrogens is 1. The summed E-state index contributed by atoms with van der Waals surface area (Å²) in [7, 11) is 0. The van der Waals surface area contributed by atoms with Gasteiger partial charge in [-0.15, -0.1) is 0 Å². The normalized spacial score (nSPS) is 13.0. The molecule has 0 saturated heterocycles. The molecule has 0 aromatic carbocycles. The summed E-state index contributed by atoms with van der Waals surface area (Å²) >= 11 is 9.07. The van der Waals surface area contributed by atoms with E-state index in [9.17, 15) is 0 Å². The van der Waals surface area contributed by atoms with Gasteiger partial charge < -0.3 is 5.73 Å². The fourth-order valence-electron chi connectivity index (χ4n) is 0.898. The van der Waals surface area contributed by atoms with Crippen molar-refractivity contribution in [2.45, 2.75) is 19.4 Å². The van der Waals surface area contributed by atoms with E-state index in [4.69, 9.17) is 17.3 Å². The number of hydrogen-bond donors (Lipinski definition) is 1. The zero-order chi connectivity index (χ0) is 9.14. The van der Waals surface area contributed by atoms with Crippen LogP contribution in [0, 0.1) is 0 Å². The molecule has 12 heavy (non-hydrogen) atoms. The third kappa shape index (κ3) is 2.73. The van der Waals surface area contributed by atoms with Gasteiger partial charge in [0.15, 0.2) is 0 Å². The summed E-state index contributed by atoms with van der Waals surface area (Å²) in [6.45, 7) is 1.94. The molecule has 0 aliphatic rings. The lowest BCUT2D eigenvalue weighted by Gasteiger charge is -2.04. The lowest BCUT2D eigenvalue weighted by molar-refractivity contribution is 0.722. The summed E-state index contributed by atoms with van der Waals surface area (Å²) in [6.07, 6.45) is 0.757. The Kier molecular flexibility index (Phi) is 3.50. The summed E-state index contributed by atoms with van der Waals surface area (Å²) in [6, 6.07) is 3.92. The molecule has 66 valence electrons. The van der Waals surface area contributed by atoms with E-state index in [1.54, 1.807) is 0 Å². The quantitative estimate of drug-likeness (QED) is 0.818. The molecule has 0 saturated carbocycles. The lowest BCUT2D eigenvalue weighted by Crippen LogP contribution is -2.18. The molecule has 4 heteroatoms. The predicted octanol–water partition coefficient (Wildman–Crippen LogP) is 2.39. The number of pyridine rings is 1. The second-order valence-corrected chi connectivity index (χ2v) is 3.97. The highest BCUT2D eigenvalue weighted by Gasteiger charge is 2.02. The molecule has 1 aromatic rings. The van der Waals surface area contributed by atoms with Crippen LogP contribution in [0.2, 0.25) is 5.15 Å². The standard InChI is InChI=1S/C8H10BrClN2/c1-5(11)4-6-2-3-7(9)8(10)12-6/h2-3,5H,4,11H2,1H3. The predicted molar refractivity (Wildman–Crippen MR) is 54.3 cm³/mol. The number of nitrogens with zero attached hydrogens (tertiary/aromatic N) is 1. The minimum absolute atomic E-state index is 0.120. The molecular formula is C8H10BrClN2. The number of halogens is 2. The maximum atomic E-state index is 5.80. The van der Waals surface area contributed by atoms with Gasteiger partial charge in [0, 0.05) is 18.2 Å². The Labute approximate surface area is 85.3 Å².